The molecule has 0 amide bonds. The molecule has 1 atom stereocenters. The lowest BCUT2D eigenvalue weighted by Gasteiger charge is -2.20. The molecular formula is C20H14FN5O. The van der Waals surface area contributed by atoms with E-state index in [1.54, 1.807) is 12.1 Å². The van der Waals surface area contributed by atoms with Gasteiger partial charge in [-0.2, -0.15) is 10.0 Å². The molecule has 6 nitrogen and oxygen atoms in total. The zero-order valence-corrected chi connectivity index (χ0v) is 14.1. The van der Waals surface area contributed by atoms with Crippen LogP contribution in [0.2, 0.25) is 0 Å². The number of hydrogen-bond donors (Lipinski definition) is 2. The number of H-pyrrole nitrogens is 1. The van der Waals surface area contributed by atoms with Crippen LogP contribution in [0.3, 0.4) is 0 Å². The average Bonchev–Trinajstić information content (AvgIpc) is 3.05. The van der Waals surface area contributed by atoms with E-state index in [9.17, 15) is 9.30 Å². The van der Waals surface area contributed by atoms with Crippen molar-refractivity contribution < 1.29 is 4.39 Å². The van der Waals surface area contributed by atoms with Crippen molar-refractivity contribution in [1.29, 1.82) is 0 Å². The van der Waals surface area contributed by atoms with E-state index in [1.165, 1.54) is 6.07 Å². The second-order valence-electron chi connectivity index (χ2n) is 6.42. The van der Waals surface area contributed by atoms with Crippen LogP contribution in [0.15, 0.2) is 59.9 Å². The number of rotatable bonds is 3. The molecule has 0 saturated carbocycles. The van der Waals surface area contributed by atoms with Gasteiger partial charge in [0.1, 0.15) is 12.4 Å². The van der Waals surface area contributed by atoms with Crippen molar-refractivity contribution in [1.82, 2.24) is 15.2 Å². The van der Waals surface area contributed by atoms with Gasteiger partial charge in [-0.15, -0.1) is 5.10 Å². The Bertz CT molecular complexity index is 1190. The highest BCUT2D eigenvalue weighted by molar-refractivity contribution is 6.02. The molecule has 3 heterocycles. The fraction of sp³-hybridized carbons (Fsp3) is 0.100. The van der Waals surface area contributed by atoms with Crippen LogP contribution >= 0.6 is 0 Å². The van der Waals surface area contributed by atoms with Crippen LogP contribution in [0, 0.1) is 10.7 Å². The molecule has 0 spiro atoms. The molecule has 27 heavy (non-hydrogen) atoms. The minimum absolute atomic E-state index is 0.0818. The summed E-state index contributed by atoms with van der Waals surface area (Å²) in [5, 5.41) is 15.7. The SMILES string of the molecule is O=NCc1nnc2[nH]cc3c2c1-c1ccccc1NC3c1ccccc1F. The van der Waals surface area contributed by atoms with E-state index in [0.717, 1.165) is 27.8 Å². The van der Waals surface area contributed by atoms with Crippen molar-refractivity contribution in [2.75, 3.05) is 5.32 Å². The molecule has 1 aliphatic heterocycles. The average molecular weight is 359 g/mol. The number of nitrogens with zero attached hydrogens (tertiary/aromatic N) is 3. The fourth-order valence-corrected chi connectivity index (χ4v) is 3.78. The van der Waals surface area contributed by atoms with Gasteiger partial charge in [-0.05, 0) is 12.1 Å². The lowest BCUT2D eigenvalue weighted by Crippen LogP contribution is -2.12. The van der Waals surface area contributed by atoms with Crippen LogP contribution in [-0.4, -0.2) is 15.2 Å². The normalized spacial score (nSPS) is 15.1. The second-order valence-corrected chi connectivity index (χ2v) is 6.42. The number of nitrogens with one attached hydrogen (secondary N) is 2. The second kappa shape index (κ2) is 5.98. The molecule has 2 N–H and O–H groups in total. The molecule has 0 aliphatic carbocycles. The minimum Gasteiger partial charge on any atom is -0.373 e. The summed E-state index contributed by atoms with van der Waals surface area (Å²) in [5.74, 6) is -0.290. The van der Waals surface area contributed by atoms with Crippen LogP contribution in [-0.2, 0) is 6.54 Å². The molecule has 132 valence electrons. The Labute approximate surface area is 153 Å². The summed E-state index contributed by atoms with van der Waals surface area (Å²) in [5.41, 5.74) is 5.00. The van der Waals surface area contributed by atoms with Gasteiger partial charge in [-0.1, -0.05) is 41.6 Å². The largest absolute Gasteiger partial charge is 0.373 e. The Morgan fingerprint density at radius 3 is 2.70 bits per heavy atom. The smallest absolute Gasteiger partial charge is 0.160 e. The zero-order valence-electron chi connectivity index (χ0n) is 14.1. The molecule has 0 fully saturated rings. The Kier molecular flexibility index (Phi) is 3.46. The van der Waals surface area contributed by atoms with Crippen molar-refractivity contribution in [2.45, 2.75) is 12.6 Å². The Hall–Kier alpha value is -3.61. The minimum atomic E-state index is -0.413. The van der Waals surface area contributed by atoms with Crippen LogP contribution in [0.5, 0.6) is 0 Å². The topological polar surface area (TPSA) is 83.0 Å². The number of fused-ring (bicyclic) bond motifs is 2. The highest BCUT2D eigenvalue weighted by atomic mass is 19.1. The number of hydrogen-bond acceptors (Lipinski definition) is 5. The zero-order chi connectivity index (χ0) is 18.4. The van der Waals surface area contributed by atoms with Gasteiger partial charge in [-0.25, -0.2) is 4.39 Å². The van der Waals surface area contributed by atoms with Crippen molar-refractivity contribution in [3.05, 3.63) is 82.3 Å². The summed E-state index contributed by atoms with van der Waals surface area (Å²) < 4.78 is 14.6. The molecule has 0 bridgehead atoms. The Balaban J connectivity index is 1.89. The van der Waals surface area contributed by atoms with Gasteiger partial charge in [0.25, 0.3) is 0 Å². The first-order valence-corrected chi connectivity index (χ1v) is 8.54. The number of para-hydroxylation sites is 1. The Morgan fingerprint density at radius 2 is 1.85 bits per heavy atom. The third-order valence-electron chi connectivity index (χ3n) is 4.94. The van der Waals surface area contributed by atoms with Crippen molar-refractivity contribution >= 4 is 16.7 Å². The van der Waals surface area contributed by atoms with Crippen molar-refractivity contribution in [2.24, 2.45) is 5.18 Å². The molecule has 4 aromatic rings. The number of nitroso groups, excluding NO2 is 1. The van der Waals surface area contributed by atoms with E-state index in [2.05, 4.69) is 25.7 Å². The van der Waals surface area contributed by atoms with E-state index >= 15 is 0 Å². The number of halogens is 1. The van der Waals surface area contributed by atoms with E-state index in [1.807, 2.05) is 36.5 Å². The summed E-state index contributed by atoms with van der Waals surface area (Å²) in [6, 6.07) is 14.0. The Morgan fingerprint density at radius 1 is 1.04 bits per heavy atom. The van der Waals surface area contributed by atoms with Crippen molar-refractivity contribution in [3.8, 4) is 11.1 Å². The summed E-state index contributed by atoms with van der Waals surface area (Å²) in [7, 11) is 0. The monoisotopic (exact) mass is 359 g/mol. The first kappa shape index (κ1) is 15.6. The van der Waals surface area contributed by atoms with E-state index < -0.39 is 6.04 Å². The van der Waals surface area contributed by atoms with Crippen molar-refractivity contribution in [3.63, 3.8) is 0 Å². The molecule has 0 saturated heterocycles. The molecule has 0 radical (unpaired) electrons. The first-order valence-electron chi connectivity index (χ1n) is 8.54. The molecule has 2 aromatic carbocycles. The van der Waals surface area contributed by atoms with Crippen LogP contribution in [0.25, 0.3) is 22.2 Å². The number of anilines is 1. The van der Waals surface area contributed by atoms with Gasteiger partial charge < -0.3 is 10.3 Å². The van der Waals surface area contributed by atoms with Gasteiger partial charge in [-0.3, -0.25) is 0 Å². The van der Waals surface area contributed by atoms with Gasteiger partial charge in [0, 0.05) is 39.5 Å². The highest BCUT2D eigenvalue weighted by Crippen LogP contribution is 2.44. The molecule has 2 aromatic heterocycles. The molecule has 7 heteroatoms. The van der Waals surface area contributed by atoms with E-state index in [4.69, 9.17) is 0 Å². The highest BCUT2D eigenvalue weighted by Gasteiger charge is 2.29. The predicted molar refractivity (Wildman–Crippen MR) is 101 cm³/mol. The predicted octanol–water partition coefficient (Wildman–Crippen LogP) is 4.55. The maximum absolute atomic E-state index is 14.6. The van der Waals surface area contributed by atoms with Gasteiger partial charge >= 0.3 is 0 Å². The van der Waals surface area contributed by atoms with E-state index in [-0.39, 0.29) is 12.4 Å². The molecular weight excluding hydrogens is 345 g/mol. The van der Waals surface area contributed by atoms with Crippen LogP contribution < -0.4 is 5.32 Å². The molecule has 1 unspecified atom stereocenters. The molecule has 5 rings (SSSR count). The third kappa shape index (κ3) is 2.32. The number of benzene rings is 2. The molecule has 1 aliphatic rings. The lowest BCUT2D eigenvalue weighted by atomic mass is 9.95. The van der Waals surface area contributed by atoms with E-state index in [0.29, 0.717) is 16.9 Å². The van der Waals surface area contributed by atoms with Gasteiger partial charge in [0.2, 0.25) is 0 Å². The van der Waals surface area contributed by atoms with Crippen LogP contribution in [0.4, 0.5) is 10.1 Å². The number of aromatic nitrogens is 3. The summed E-state index contributed by atoms with van der Waals surface area (Å²) in [6.45, 7) is -0.0818. The standard InChI is InChI=1S/C20H14FN5O/c21-14-7-3-1-5-11(14)19-13-9-22-20-18(13)17(16(10-23-27)25-26-20)12-6-2-4-8-15(12)24-19/h1-9,19,24H,10H2,(H,22,26). The summed E-state index contributed by atoms with van der Waals surface area (Å²) in [4.78, 5) is 14.1. The van der Waals surface area contributed by atoms with Gasteiger partial charge in [0.05, 0.1) is 11.7 Å². The fourth-order valence-electron chi connectivity index (χ4n) is 3.78. The quantitative estimate of drug-likeness (QED) is 0.526. The maximum Gasteiger partial charge on any atom is 0.160 e. The first-order chi connectivity index (χ1) is 13.3. The third-order valence-corrected chi connectivity index (χ3v) is 4.94. The lowest BCUT2D eigenvalue weighted by molar-refractivity contribution is 0.605. The maximum atomic E-state index is 14.6. The summed E-state index contributed by atoms with van der Waals surface area (Å²) in [6.07, 6.45) is 1.82. The van der Waals surface area contributed by atoms with Gasteiger partial charge in [0.15, 0.2) is 5.65 Å². The number of aromatic amines is 1. The van der Waals surface area contributed by atoms with Crippen LogP contribution in [0.1, 0.15) is 22.9 Å². The summed E-state index contributed by atoms with van der Waals surface area (Å²) >= 11 is 0.